The highest BCUT2D eigenvalue weighted by Crippen LogP contribution is 2.36. The van der Waals surface area contributed by atoms with E-state index >= 15 is 0 Å². The van der Waals surface area contributed by atoms with E-state index in [1.54, 1.807) is 12.4 Å². The van der Waals surface area contributed by atoms with Gasteiger partial charge >= 0.3 is 0 Å². The van der Waals surface area contributed by atoms with Crippen molar-refractivity contribution >= 4 is 5.91 Å². The first-order valence-electron chi connectivity index (χ1n) is 6.69. The number of nitrogens with two attached hydrogens (primary N) is 1. The SMILES string of the molecule is NC1CC[C@@H]2CN(C(=O)c3cccnc3)C[C@@H]2C1. The second-order valence-electron chi connectivity index (χ2n) is 5.55. The highest BCUT2D eigenvalue weighted by molar-refractivity contribution is 5.94. The number of nitrogens with zero attached hydrogens (tertiary/aromatic N) is 2. The van der Waals surface area contributed by atoms with E-state index in [-0.39, 0.29) is 5.91 Å². The van der Waals surface area contributed by atoms with Crippen LogP contribution in [0.2, 0.25) is 0 Å². The summed E-state index contributed by atoms with van der Waals surface area (Å²) in [6.45, 7) is 1.76. The van der Waals surface area contributed by atoms with Crippen LogP contribution in [0.3, 0.4) is 0 Å². The molecule has 1 unspecified atom stereocenters. The van der Waals surface area contributed by atoms with E-state index in [0.717, 1.165) is 25.9 Å². The number of hydrogen-bond donors (Lipinski definition) is 1. The van der Waals surface area contributed by atoms with Crippen molar-refractivity contribution in [2.24, 2.45) is 17.6 Å². The van der Waals surface area contributed by atoms with Gasteiger partial charge in [-0.05, 0) is 43.2 Å². The second kappa shape index (κ2) is 4.69. The van der Waals surface area contributed by atoms with Crippen molar-refractivity contribution in [3.63, 3.8) is 0 Å². The molecule has 1 aromatic heterocycles. The van der Waals surface area contributed by atoms with Gasteiger partial charge in [-0.2, -0.15) is 0 Å². The molecule has 1 saturated carbocycles. The summed E-state index contributed by atoms with van der Waals surface area (Å²) in [6, 6.07) is 3.98. The number of carbonyl (C=O) groups is 1. The van der Waals surface area contributed by atoms with Crippen LogP contribution in [0.4, 0.5) is 0 Å². The molecule has 18 heavy (non-hydrogen) atoms. The van der Waals surface area contributed by atoms with Gasteiger partial charge in [-0.1, -0.05) is 0 Å². The maximum absolute atomic E-state index is 12.3. The van der Waals surface area contributed by atoms with Crippen LogP contribution in [0.15, 0.2) is 24.5 Å². The molecule has 2 fully saturated rings. The molecule has 1 amide bonds. The molecule has 0 bridgehead atoms. The maximum Gasteiger partial charge on any atom is 0.255 e. The summed E-state index contributed by atoms with van der Waals surface area (Å²) >= 11 is 0. The normalized spacial score (nSPS) is 31.2. The molecule has 3 rings (SSSR count). The van der Waals surface area contributed by atoms with E-state index in [4.69, 9.17) is 5.73 Å². The molecule has 0 spiro atoms. The zero-order valence-corrected chi connectivity index (χ0v) is 10.5. The van der Waals surface area contributed by atoms with Crippen molar-refractivity contribution in [3.8, 4) is 0 Å². The van der Waals surface area contributed by atoms with Crippen LogP contribution in [0.5, 0.6) is 0 Å². The van der Waals surface area contributed by atoms with Crippen LogP contribution >= 0.6 is 0 Å². The van der Waals surface area contributed by atoms with Crippen molar-refractivity contribution in [2.75, 3.05) is 13.1 Å². The van der Waals surface area contributed by atoms with Crippen LogP contribution in [0.1, 0.15) is 29.6 Å². The van der Waals surface area contributed by atoms with Gasteiger partial charge in [0.05, 0.1) is 5.56 Å². The fourth-order valence-corrected chi connectivity index (χ4v) is 3.31. The van der Waals surface area contributed by atoms with Gasteiger partial charge in [0.15, 0.2) is 0 Å². The second-order valence-corrected chi connectivity index (χ2v) is 5.55. The quantitative estimate of drug-likeness (QED) is 0.811. The lowest BCUT2D eigenvalue weighted by Gasteiger charge is -2.27. The molecule has 2 N–H and O–H groups in total. The minimum absolute atomic E-state index is 0.117. The van der Waals surface area contributed by atoms with Gasteiger partial charge in [-0.15, -0.1) is 0 Å². The minimum Gasteiger partial charge on any atom is -0.338 e. The number of pyridine rings is 1. The Balaban J connectivity index is 1.70. The summed E-state index contributed by atoms with van der Waals surface area (Å²) in [5, 5.41) is 0. The van der Waals surface area contributed by atoms with Crippen molar-refractivity contribution in [1.29, 1.82) is 0 Å². The van der Waals surface area contributed by atoms with Gasteiger partial charge in [-0.25, -0.2) is 0 Å². The number of fused-ring (bicyclic) bond motifs is 1. The van der Waals surface area contributed by atoms with Gasteiger partial charge in [0.1, 0.15) is 0 Å². The zero-order valence-electron chi connectivity index (χ0n) is 10.5. The minimum atomic E-state index is 0.117. The summed E-state index contributed by atoms with van der Waals surface area (Å²) in [5.41, 5.74) is 6.70. The molecular weight excluding hydrogens is 226 g/mol. The average Bonchev–Trinajstić information content (AvgIpc) is 2.81. The Hall–Kier alpha value is -1.42. The first-order chi connectivity index (χ1) is 8.74. The lowest BCUT2D eigenvalue weighted by molar-refractivity contribution is 0.0783. The van der Waals surface area contributed by atoms with Crippen LogP contribution in [0, 0.1) is 11.8 Å². The van der Waals surface area contributed by atoms with E-state index in [9.17, 15) is 4.79 Å². The molecule has 2 aliphatic rings. The highest BCUT2D eigenvalue weighted by Gasteiger charge is 2.38. The van der Waals surface area contributed by atoms with Gasteiger partial charge in [0.25, 0.3) is 5.91 Å². The van der Waals surface area contributed by atoms with E-state index in [1.165, 1.54) is 6.42 Å². The molecule has 3 atom stereocenters. The molecule has 4 heteroatoms. The Bertz CT molecular complexity index is 434. The largest absolute Gasteiger partial charge is 0.338 e. The lowest BCUT2D eigenvalue weighted by atomic mass is 9.79. The molecule has 4 nitrogen and oxygen atoms in total. The number of aromatic nitrogens is 1. The van der Waals surface area contributed by atoms with E-state index < -0.39 is 0 Å². The van der Waals surface area contributed by atoms with Crippen LogP contribution in [-0.2, 0) is 0 Å². The number of hydrogen-bond acceptors (Lipinski definition) is 3. The summed E-state index contributed by atoms with van der Waals surface area (Å²) in [5.74, 6) is 1.38. The molecule has 0 aromatic carbocycles. The van der Waals surface area contributed by atoms with E-state index in [2.05, 4.69) is 4.98 Å². The first kappa shape index (κ1) is 11.7. The summed E-state index contributed by atoms with van der Waals surface area (Å²) in [6.07, 6.45) is 6.69. The Morgan fingerprint density at radius 3 is 2.94 bits per heavy atom. The van der Waals surface area contributed by atoms with Gasteiger partial charge in [-0.3, -0.25) is 9.78 Å². The number of rotatable bonds is 1. The zero-order chi connectivity index (χ0) is 12.5. The molecule has 96 valence electrons. The fraction of sp³-hybridized carbons (Fsp3) is 0.571. The third kappa shape index (κ3) is 2.12. The molecule has 1 aliphatic heterocycles. The Morgan fingerprint density at radius 1 is 1.33 bits per heavy atom. The third-order valence-electron chi connectivity index (χ3n) is 4.29. The van der Waals surface area contributed by atoms with Crippen LogP contribution in [-0.4, -0.2) is 34.9 Å². The number of amides is 1. The van der Waals surface area contributed by atoms with Gasteiger partial charge in [0.2, 0.25) is 0 Å². The Morgan fingerprint density at radius 2 is 2.17 bits per heavy atom. The Labute approximate surface area is 107 Å². The lowest BCUT2D eigenvalue weighted by Crippen LogP contribution is -2.32. The van der Waals surface area contributed by atoms with Crippen molar-refractivity contribution in [2.45, 2.75) is 25.3 Å². The standard InChI is InChI=1S/C14H19N3O/c15-13-4-3-11-8-17(9-12(11)6-13)14(18)10-2-1-5-16-7-10/h1-2,5,7,11-13H,3-4,6,8-9,15H2/t11-,12+,13?/m1/s1. The van der Waals surface area contributed by atoms with Crippen molar-refractivity contribution in [3.05, 3.63) is 30.1 Å². The summed E-state index contributed by atoms with van der Waals surface area (Å²) < 4.78 is 0. The highest BCUT2D eigenvalue weighted by atomic mass is 16.2. The maximum atomic E-state index is 12.3. The van der Waals surface area contributed by atoms with Gasteiger partial charge in [0, 0.05) is 31.5 Å². The van der Waals surface area contributed by atoms with E-state index in [1.807, 2.05) is 17.0 Å². The summed E-state index contributed by atoms with van der Waals surface area (Å²) in [7, 11) is 0. The fourth-order valence-electron chi connectivity index (χ4n) is 3.31. The predicted octanol–water partition coefficient (Wildman–Crippen LogP) is 1.28. The molecule has 1 aromatic rings. The summed E-state index contributed by atoms with van der Waals surface area (Å²) in [4.78, 5) is 18.3. The number of likely N-dealkylation sites (tertiary alicyclic amines) is 1. The monoisotopic (exact) mass is 245 g/mol. The molecular formula is C14H19N3O. The Kier molecular flexibility index (Phi) is 3.04. The number of carbonyl (C=O) groups excluding carboxylic acids is 1. The molecule has 0 radical (unpaired) electrons. The topological polar surface area (TPSA) is 59.2 Å². The molecule has 1 aliphatic carbocycles. The van der Waals surface area contributed by atoms with Crippen LogP contribution < -0.4 is 5.73 Å². The van der Waals surface area contributed by atoms with Crippen molar-refractivity contribution in [1.82, 2.24) is 9.88 Å². The molecule has 1 saturated heterocycles. The predicted molar refractivity (Wildman–Crippen MR) is 68.9 cm³/mol. The van der Waals surface area contributed by atoms with Crippen molar-refractivity contribution < 1.29 is 4.79 Å². The van der Waals surface area contributed by atoms with Gasteiger partial charge < -0.3 is 10.6 Å². The third-order valence-corrected chi connectivity index (χ3v) is 4.29. The van der Waals surface area contributed by atoms with E-state index in [0.29, 0.717) is 23.4 Å². The smallest absolute Gasteiger partial charge is 0.255 e. The first-order valence-corrected chi connectivity index (χ1v) is 6.69. The molecule has 2 heterocycles. The van der Waals surface area contributed by atoms with Crippen LogP contribution in [0.25, 0.3) is 0 Å². The average molecular weight is 245 g/mol.